The Bertz CT molecular complexity index is 381. The van der Waals surface area contributed by atoms with E-state index in [1.807, 2.05) is 25.1 Å². The normalized spacial score (nSPS) is 9.76. The minimum absolute atomic E-state index is 0. The summed E-state index contributed by atoms with van der Waals surface area (Å²) in [7, 11) is 0. The maximum atomic E-state index is 5.00. The van der Waals surface area contributed by atoms with Gasteiger partial charge in [0.2, 0.25) is 0 Å². The van der Waals surface area contributed by atoms with Crippen molar-refractivity contribution in [3.05, 3.63) is 29.6 Å². The van der Waals surface area contributed by atoms with Crippen LogP contribution in [0.4, 0.5) is 0 Å². The van der Waals surface area contributed by atoms with E-state index in [0.29, 0.717) is 5.11 Å². The number of hydrogen-bond acceptors (Lipinski definition) is 3. The Morgan fingerprint density at radius 1 is 1.53 bits per heavy atom. The van der Waals surface area contributed by atoms with Crippen LogP contribution in [-0.4, -0.2) is 22.9 Å². The van der Waals surface area contributed by atoms with Gasteiger partial charge in [-0.2, -0.15) is 5.10 Å². The third kappa shape index (κ3) is 7.05. The second kappa shape index (κ2) is 9.10. The monoisotopic (exact) mass is 299 g/mol. The average molecular weight is 300 g/mol. The predicted octanol–water partition coefficient (Wildman–Crippen LogP) is 1.60. The van der Waals surface area contributed by atoms with Crippen molar-refractivity contribution < 1.29 is 17.1 Å². The molecule has 0 fully saturated rings. The number of nitrogens with zero attached hydrogens (tertiary/aromatic N) is 2. The van der Waals surface area contributed by atoms with E-state index in [1.165, 1.54) is 0 Å². The maximum Gasteiger partial charge on any atom is 2.00 e. The Morgan fingerprint density at radius 3 is 2.94 bits per heavy atom. The van der Waals surface area contributed by atoms with Crippen molar-refractivity contribution in [1.29, 1.82) is 0 Å². The number of hydrazone groups is 1. The molecule has 0 bridgehead atoms. The third-order valence-electron chi connectivity index (χ3n) is 1.81. The van der Waals surface area contributed by atoms with Gasteiger partial charge in [-0.15, -0.1) is 0 Å². The van der Waals surface area contributed by atoms with Crippen LogP contribution in [0, 0.1) is 6.92 Å². The Labute approximate surface area is 118 Å². The number of pyridine rings is 1. The number of thiocarbonyl (C=S) groups is 1. The molecule has 0 aliphatic rings. The zero-order chi connectivity index (χ0) is 11.8. The molecule has 0 unspecified atom stereocenters. The van der Waals surface area contributed by atoms with Crippen molar-refractivity contribution in [2.75, 3.05) is 6.54 Å². The zero-order valence-electron chi connectivity index (χ0n) is 9.83. The minimum atomic E-state index is 0. The summed E-state index contributed by atoms with van der Waals surface area (Å²) in [6, 6.07) is 5.77. The molecular formula is C11H16CuN4S+2. The quantitative estimate of drug-likeness (QED) is 0.384. The molecule has 0 aliphatic heterocycles. The molecule has 0 saturated heterocycles. The van der Waals surface area contributed by atoms with Crippen molar-refractivity contribution in [3.8, 4) is 0 Å². The average Bonchev–Trinajstić information content (AvgIpc) is 2.26. The van der Waals surface area contributed by atoms with Crippen LogP contribution < -0.4 is 10.7 Å². The van der Waals surface area contributed by atoms with Gasteiger partial charge in [-0.3, -0.25) is 10.4 Å². The topological polar surface area (TPSA) is 49.3 Å². The van der Waals surface area contributed by atoms with Crippen molar-refractivity contribution in [2.24, 2.45) is 5.10 Å². The van der Waals surface area contributed by atoms with Gasteiger partial charge in [-0.25, -0.2) is 0 Å². The van der Waals surface area contributed by atoms with E-state index in [0.717, 1.165) is 24.4 Å². The number of rotatable bonds is 4. The van der Waals surface area contributed by atoms with Crippen molar-refractivity contribution in [2.45, 2.75) is 20.3 Å². The first kappa shape index (κ1) is 16.0. The molecule has 4 nitrogen and oxygen atoms in total. The van der Waals surface area contributed by atoms with Gasteiger partial charge in [-0.05, 0) is 37.7 Å². The van der Waals surface area contributed by atoms with E-state index in [4.69, 9.17) is 12.2 Å². The number of aromatic nitrogens is 1. The Balaban J connectivity index is 0.00000256. The van der Waals surface area contributed by atoms with Gasteiger partial charge >= 0.3 is 17.1 Å². The molecule has 95 valence electrons. The summed E-state index contributed by atoms with van der Waals surface area (Å²) in [5.74, 6) is 0. The molecule has 1 aromatic heterocycles. The zero-order valence-corrected chi connectivity index (χ0v) is 11.6. The van der Waals surface area contributed by atoms with Gasteiger partial charge in [0.25, 0.3) is 0 Å². The molecule has 6 heteroatoms. The molecule has 17 heavy (non-hydrogen) atoms. The molecule has 0 atom stereocenters. The van der Waals surface area contributed by atoms with Crippen LogP contribution in [0.2, 0.25) is 0 Å². The fraction of sp³-hybridized carbons (Fsp3) is 0.364. The van der Waals surface area contributed by atoms with E-state index in [2.05, 4.69) is 27.8 Å². The first-order valence-electron chi connectivity index (χ1n) is 5.23. The number of nitrogens with one attached hydrogen (secondary N) is 2. The summed E-state index contributed by atoms with van der Waals surface area (Å²) in [6.07, 6.45) is 2.68. The Morgan fingerprint density at radius 2 is 2.29 bits per heavy atom. The van der Waals surface area contributed by atoms with Gasteiger partial charge in [0.1, 0.15) is 0 Å². The van der Waals surface area contributed by atoms with E-state index in [1.54, 1.807) is 6.21 Å². The first-order chi connectivity index (χ1) is 7.72. The summed E-state index contributed by atoms with van der Waals surface area (Å²) < 4.78 is 0. The van der Waals surface area contributed by atoms with Crippen molar-refractivity contribution >= 4 is 23.5 Å². The van der Waals surface area contributed by atoms with E-state index < -0.39 is 0 Å². The largest absolute Gasteiger partial charge is 2.00 e. The van der Waals surface area contributed by atoms with Crippen LogP contribution in [0.1, 0.15) is 24.7 Å². The second-order valence-electron chi connectivity index (χ2n) is 3.33. The smallest absolute Gasteiger partial charge is 0.361 e. The van der Waals surface area contributed by atoms with E-state index in [9.17, 15) is 0 Å². The molecule has 0 amide bonds. The SMILES string of the molecule is CCCNC(=S)NN=Cc1cccc(C)n1.[Cu+2]. The number of hydrogen-bond donors (Lipinski definition) is 2. The van der Waals surface area contributed by atoms with Crippen LogP contribution in [-0.2, 0) is 17.1 Å². The fourth-order valence-corrected chi connectivity index (χ4v) is 1.23. The summed E-state index contributed by atoms with van der Waals surface area (Å²) in [5.41, 5.74) is 4.51. The van der Waals surface area contributed by atoms with Crippen LogP contribution in [0.25, 0.3) is 0 Å². The first-order valence-corrected chi connectivity index (χ1v) is 5.63. The third-order valence-corrected chi connectivity index (χ3v) is 2.04. The van der Waals surface area contributed by atoms with Crippen LogP contribution in [0.15, 0.2) is 23.3 Å². The van der Waals surface area contributed by atoms with E-state index >= 15 is 0 Å². The van der Waals surface area contributed by atoms with Crippen LogP contribution >= 0.6 is 12.2 Å². The molecule has 1 rings (SSSR count). The summed E-state index contributed by atoms with van der Waals surface area (Å²) in [5, 5.41) is 7.54. The van der Waals surface area contributed by atoms with Crippen LogP contribution in [0.3, 0.4) is 0 Å². The van der Waals surface area contributed by atoms with Gasteiger partial charge in [-0.1, -0.05) is 13.0 Å². The molecule has 0 spiro atoms. The predicted molar refractivity (Wildman–Crippen MR) is 70.6 cm³/mol. The van der Waals surface area contributed by atoms with Crippen LogP contribution in [0.5, 0.6) is 0 Å². The second-order valence-corrected chi connectivity index (χ2v) is 3.74. The summed E-state index contributed by atoms with van der Waals surface area (Å²) >= 11 is 5.00. The molecule has 0 aromatic carbocycles. The Hall–Kier alpha value is -0.971. The summed E-state index contributed by atoms with van der Waals surface area (Å²) in [6.45, 7) is 4.87. The fourth-order valence-electron chi connectivity index (χ4n) is 1.07. The van der Waals surface area contributed by atoms with E-state index in [-0.39, 0.29) is 17.1 Å². The van der Waals surface area contributed by atoms with Gasteiger partial charge in [0.15, 0.2) is 5.11 Å². The molecule has 1 aromatic rings. The molecule has 0 aliphatic carbocycles. The Kier molecular flexibility index (Phi) is 8.58. The van der Waals surface area contributed by atoms with Gasteiger partial charge in [0, 0.05) is 12.2 Å². The molecule has 2 N–H and O–H groups in total. The maximum absolute atomic E-state index is 5.00. The standard InChI is InChI=1S/C11H16N4S.Cu/c1-3-7-12-11(16)15-13-8-10-6-4-5-9(2)14-10;/h4-6,8H,3,7H2,1-2H3,(H2,12,15,16);/q;+2. The minimum Gasteiger partial charge on any atom is -0.361 e. The van der Waals surface area contributed by atoms with Crippen molar-refractivity contribution in [1.82, 2.24) is 15.7 Å². The van der Waals surface area contributed by atoms with Gasteiger partial charge < -0.3 is 5.32 Å². The van der Waals surface area contributed by atoms with Crippen molar-refractivity contribution in [3.63, 3.8) is 0 Å². The molecule has 1 radical (unpaired) electrons. The summed E-state index contributed by atoms with van der Waals surface area (Å²) in [4.78, 5) is 4.28. The number of aryl methyl sites for hydroxylation is 1. The molecule has 0 saturated carbocycles. The molecule has 1 heterocycles. The van der Waals surface area contributed by atoms with Gasteiger partial charge in [0.05, 0.1) is 11.9 Å². The molecular weight excluding hydrogens is 284 g/mol.